The van der Waals surface area contributed by atoms with Crippen LogP contribution < -0.4 is 20.3 Å². The van der Waals surface area contributed by atoms with Crippen LogP contribution in [0.1, 0.15) is 36.8 Å². The predicted octanol–water partition coefficient (Wildman–Crippen LogP) is 3.18. The van der Waals surface area contributed by atoms with Gasteiger partial charge < -0.3 is 30.5 Å². The number of aromatic nitrogens is 1. The first-order chi connectivity index (χ1) is 15.9. The first-order valence-corrected chi connectivity index (χ1v) is 11.6. The van der Waals surface area contributed by atoms with Crippen LogP contribution in [-0.2, 0) is 6.54 Å². The van der Waals surface area contributed by atoms with Crippen molar-refractivity contribution in [2.75, 3.05) is 38.2 Å². The molecule has 1 aliphatic carbocycles. The van der Waals surface area contributed by atoms with Gasteiger partial charge in [-0.3, -0.25) is 0 Å². The molecule has 4 N–H and O–H groups in total. The number of β-amino-alcohol motifs (C(OH)–C–C–N with tert-alkyl or cyclic N) is 1. The smallest absolute Gasteiger partial charge is 0.404 e. The second-order valence-electron chi connectivity index (χ2n) is 9.05. The lowest BCUT2D eigenvalue weighted by atomic mass is 9.63. The van der Waals surface area contributed by atoms with Crippen LogP contribution in [0, 0.1) is 12.3 Å². The third-order valence-electron chi connectivity index (χ3n) is 6.34. The second kappa shape index (κ2) is 11.9. The molecule has 180 valence electrons. The van der Waals surface area contributed by atoms with Gasteiger partial charge in [-0.25, -0.2) is 9.78 Å². The SMILES string of the molecule is COc1ccc(C)cc1.O=C(O)NCc1ccnc(N2CC3(CCC3)C2)c1.OC1CCNC1. The third-order valence-corrected chi connectivity index (χ3v) is 6.34. The highest BCUT2D eigenvalue weighted by Gasteiger charge is 2.47. The number of methoxy groups -OCH3 is 1. The van der Waals surface area contributed by atoms with Crippen LogP contribution in [0.25, 0.3) is 0 Å². The van der Waals surface area contributed by atoms with Gasteiger partial charge in [0.25, 0.3) is 0 Å². The summed E-state index contributed by atoms with van der Waals surface area (Å²) in [7, 11) is 1.67. The summed E-state index contributed by atoms with van der Waals surface area (Å²) in [6.45, 7) is 6.38. The summed E-state index contributed by atoms with van der Waals surface area (Å²) in [5.74, 6) is 1.89. The monoisotopic (exact) mass is 456 g/mol. The molecule has 5 rings (SSSR count). The van der Waals surface area contributed by atoms with E-state index in [1.54, 1.807) is 13.3 Å². The van der Waals surface area contributed by atoms with E-state index in [1.807, 2.05) is 36.4 Å². The molecule has 2 aromatic rings. The fourth-order valence-electron chi connectivity index (χ4n) is 4.15. The number of carboxylic acid groups (broad SMARTS) is 1. The number of carbonyl (C=O) groups is 1. The van der Waals surface area contributed by atoms with Crippen LogP contribution in [0.2, 0.25) is 0 Å². The molecule has 33 heavy (non-hydrogen) atoms. The van der Waals surface area contributed by atoms with Crippen molar-refractivity contribution in [3.05, 3.63) is 53.7 Å². The standard InChI is InChI=1S/C13H17N3O2.C8H10O.C4H9NO/c17-12(18)15-7-10-2-5-14-11(6-10)16-8-13(9-16)3-1-4-13;1-7-3-5-8(9-2)6-4-7;6-4-1-2-5-3-4/h2,5-6,15H,1,3-4,7-9H2,(H,17,18);3-6H,1-2H3;4-6H,1-3H2. The Hall–Kier alpha value is -2.84. The van der Waals surface area contributed by atoms with Crippen LogP contribution >= 0.6 is 0 Å². The molecule has 1 atom stereocenters. The minimum absolute atomic E-state index is 0.0648. The van der Waals surface area contributed by atoms with E-state index in [-0.39, 0.29) is 6.10 Å². The predicted molar refractivity (Wildman–Crippen MR) is 129 cm³/mol. The van der Waals surface area contributed by atoms with Crippen molar-refractivity contribution in [3.63, 3.8) is 0 Å². The van der Waals surface area contributed by atoms with Gasteiger partial charge in [0.15, 0.2) is 0 Å². The topological polar surface area (TPSA) is 107 Å². The zero-order chi connectivity index (χ0) is 23.7. The Morgan fingerprint density at radius 2 is 2.00 bits per heavy atom. The number of aliphatic hydroxyl groups is 1. The Labute approximate surface area is 196 Å². The van der Waals surface area contributed by atoms with Gasteiger partial charge in [-0.2, -0.15) is 0 Å². The van der Waals surface area contributed by atoms with Crippen molar-refractivity contribution in [2.24, 2.45) is 5.41 Å². The van der Waals surface area contributed by atoms with Gasteiger partial charge in [-0.05, 0) is 62.6 Å². The first kappa shape index (κ1) is 24.8. The number of anilines is 1. The molecule has 3 fully saturated rings. The van der Waals surface area contributed by atoms with Crippen LogP contribution in [0.15, 0.2) is 42.6 Å². The van der Waals surface area contributed by atoms with Crippen molar-refractivity contribution >= 4 is 11.9 Å². The Kier molecular flexibility index (Phi) is 8.91. The number of ether oxygens (including phenoxy) is 1. The Balaban J connectivity index is 0.000000169. The molecule has 1 aromatic carbocycles. The summed E-state index contributed by atoms with van der Waals surface area (Å²) in [5, 5.41) is 22.6. The zero-order valence-corrected chi connectivity index (χ0v) is 19.6. The van der Waals surface area contributed by atoms with Gasteiger partial charge in [0, 0.05) is 37.8 Å². The van der Waals surface area contributed by atoms with E-state index in [4.69, 9.17) is 14.9 Å². The average molecular weight is 457 g/mol. The normalized spacial score (nSPS) is 19.7. The fraction of sp³-hybridized carbons (Fsp3) is 0.520. The molecular weight excluding hydrogens is 420 g/mol. The number of aliphatic hydroxyl groups excluding tert-OH is 1. The maximum atomic E-state index is 10.5. The first-order valence-electron chi connectivity index (χ1n) is 11.6. The summed E-state index contributed by atoms with van der Waals surface area (Å²) in [5.41, 5.74) is 2.80. The van der Waals surface area contributed by atoms with Gasteiger partial charge >= 0.3 is 6.09 Å². The molecule has 8 nitrogen and oxygen atoms in total. The molecule has 1 aromatic heterocycles. The van der Waals surface area contributed by atoms with Crippen LogP contribution in [0.5, 0.6) is 5.75 Å². The summed E-state index contributed by atoms with van der Waals surface area (Å²) in [4.78, 5) is 17.1. The summed E-state index contributed by atoms with van der Waals surface area (Å²) in [6, 6.07) is 11.8. The number of pyridine rings is 1. The van der Waals surface area contributed by atoms with Crippen molar-refractivity contribution in [3.8, 4) is 5.75 Å². The van der Waals surface area contributed by atoms with Gasteiger partial charge in [-0.15, -0.1) is 0 Å². The van der Waals surface area contributed by atoms with E-state index < -0.39 is 6.09 Å². The largest absolute Gasteiger partial charge is 0.497 e. The number of aryl methyl sites for hydroxylation is 1. The molecule has 1 amide bonds. The number of hydrogen-bond acceptors (Lipinski definition) is 6. The molecule has 3 aliphatic rings. The van der Waals surface area contributed by atoms with Crippen molar-refractivity contribution in [2.45, 2.75) is 45.3 Å². The Morgan fingerprint density at radius 1 is 1.27 bits per heavy atom. The van der Waals surface area contributed by atoms with Gasteiger partial charge in [0.05, 0.1) is 13.2 Å². The Morgan fingerprint density at radius 3 is 2.48 bits per heavy atom. The Bertz CT molecular complexity index is 872. The fourth-order valence-corrected chi connectivity index (χ4v) is 4.15. The lowest BCUT2D eigenvalue weighted by molar-refractivity contribution is 0.0896. The van der Waals surface area contributed by atoms with Crippen LogP contribution in [0.4, 0.5) is 10.6 Å². The van der Waals surface area contributed by atoms with E-state index in [2.05, 4.69) is 27.4 Å². The minimum Gasteiger partial charge on any atom is -0.497 e. The molecule has 1 saturated carbocycles. The molecule has 1 unspecified atom stereocenters. The number of benzene rings is 1. The number of nitrogens with one attached hydrogen (secondary N) is 2. The number of hydrogen-bond donors (Lipinski definition) is 4. The molecule has 1 spiro atoms. The van der Waals surface area contributed by atoms with E-state index in [1.165, 1.54) is 24.8 Å². The lowest BCUT2D eigenvalue weighted by Gasteiger charge is -2.56. The number of nitrogens with zero attached hydrogens (tertiary/aromatic N) is 2. The minimum atomic E-state index is -0.995. The van der Waals surface area contributed by atoms with E-state index >= 15 is 0 Å². The summed E-state index contributed by atoms with van der Waals surface area (Å²) in [6.07, 6.45) is 5.69. The third kappa shape index (κ3) is 7.61. The molecule has 2 saturated heterocycles. The van der Waals surface area contributed by atoms with Crippen LogP contribution in [0.3, 0.4) is 0 Å². The van der Waals surface area contributed by atoms with Gasteiger partial charge in [0.2, 0.25) is 0 Å². The quantitative estimate of drug-likeness (QED) is 0.560. The second-order valence-corrected chi connectivity index (χ2v) is 9.05. The summed E-state index contributed by atoms with van der Waals surface area (Å²) < 4.78 is 4.97. The maximum absolute atomic E-state index is 10.5. The van der Waals surface area contributed by atoms with Crippen molar-refractivity contribution in [1.82, 2.24) is 15.6 Å². The summed E-state index contributed by atoms with van der Waals surface area (Å²) >= 11 is 0. The van der Waals surface area contributed by atoms with E-state index in [9.17, 15) is 4.79 Å². The molecule has 3 heterocycles. The average Bonchev–Trinajstić information content (AvgIpc) is 3.23. The number of amides is 1. The molecule has 0 bridgehead atoms. The van der Waals surface area contributed by atoms with E-state index in [0.29, 0.717) is 12.0 Å². The molecular formula is C25H36N4O4. The van der Waals surface area contributed by atoms with Gasteiger partial charge in [0.1, 0.15) is 11.6 Å². The molecule has 8 heteroatoms. The lowest BCUT2D eigenvalue weighted by Crippen LogP contribution is -2.60. The van der Waals surface area contributed by atoms with Crippen LogP contribution in [-0.4, -0.2) is 60.7 Å². The van der Waals surface area contributed by atoms with Crippen molar-refractivity contribution < 1.29 is 19.7 Å². The highest BCUT2D eigenvalue weighted by molar-refractivity contribution is 5.64. The maximum Gasteiger partial charge on any atom is 0.404 e. The molecule has 0 radical (unpaired) electrons. The van der Waals surface area contributed by atoms with Gasteiger partial charge in [-0.1, -0.05) is 24.1 Å². The highest BCUT2D eigenvalue weighted by atomic mass is 16.5. The van der Waals surface area contributed by atoms with Crippen molar-refractivity contribution in [1.29, 1.82) is 0 Å². The van der Waals surface area contributed by atoms with E-state index in [0.717, 1.165) is 49.7 Å². The number of rotatable bonds is 4. The zero-order valence-electron chi connectivity index (χ0n) is 19.6. The highest BCUT2D eigenvalue weighted by Crippen LogP contribution is 2.49. The molecule has 2 aliphatic heterocycles.